The van der Waals surface area contributed by atoms with Gasteiger partial charge in [0.2, 0.25) is 5.91 Å². The Morgan fingerprint density at radius 2 is 1.90 bits per heavy atom. The van der Waals surface area contributed by atoms with E-state index in [0.29, 0.717) is 6.54 Å². The number of carbonyl (C=O) groups is 1. The number of amides is 1. The van der Waals surface area contributed by atoms with E-state index in [1.165, 1.54) is 11.6 Å². The summed E-state index contributed by atoms with van der Waals surface area (Å²) >= 11 is 0. The maximum absolute atomic E-state index is 13.8. The van der Waals surface area contributed by atoms with E-state index >= 15 is 0 Å². The normalized spacial score (nSPS) is 18.5. The molecule has 0 radical (unpaired) electrons. The molecule has 0 saturated carbocycles. The number of para-hydroxylation sites is 1. The lowest BCUT2D eigenvalue weighted by Crippen LogP contribution is -2.42. The molecule has 2 aliphatic rings. The third kappa shape index (κ3) is 3.28. The van der Waals surface area contributed by atoms with Crippen molar-refractivity contribution in [3.63, 3.8) is 0 Å². The van der Waals surface area contributed by atoms with Crippen LogP contribution in [0.4, 0.5) is 10.1 Å². The van der Waals surface area contributed by atoms with Crippen molar-refractivity contribution in [1.29, 1.82) is 0 Å². The molecular weight excluding hydrogens is 389 g/mol. The van der Waals surface area contributed by atoms with Crippen LogP contribution in [-0.4, -0.2) is 41.6 Å². The number of aromatic nitrogens is 1. The van der Waals surface area contributed by atoms with Gasteiger partial charge in [-0.15, -0.1) is 0 Å². The van der Waals surface area contributed by atoms with Crippen molar-refractivity contribution in [3.05, 3.63) is 71.7 Å². The Morgan fingerprint density at radius 1 is 1.10 bits per heavy atom. The summed E-state index contributed by atoms with van der Waals surface area (Å²) in [6.07, 6.45) is 5.28. The van der Waals surface area contributed by atoms with E-state index in [2.05, 4.69) is 33.9 Å². The first-order valence-corrected chi connectivity index (χ1v) is 10.9. The van der Waals surface area contributed by atoms with E-state index in [4.69, 9.17) is 0 Å². The van der Waals surface area contributed by atoms with Crippen LogP contribution in [0, 0.1) is 5.82 Å². The summed E-state index contributed by atoms with van der Waals surface area (Å²) in [6, 6.07) is 13.1. The van der Waals surface area contributed by atoms with E-state index in [9.17, 15) is 9.18 Å². The molecule has 0 fully saturated rings. The fourth-order valence-corrected chi connectivity index (χ4v) is 5.04. The van der Waals surface area contributed by atoms with Crippen molar-refractivity contribution < 1.29 is 9.18 Å². The first-order valence-electron chi connectivity index (χ1n) is 10.9. The lowest BCUT2D eigenvalue weighted by Gasteiger charge is -2.29. The van der Waals surface area contributed by atoms with Crippen LogP contribution in [0.3, 0.4) is 0 Å². The quantitative estimate of drug-likeness (QED) is 0.614. The number of anilines is 1. The fourth-order valence-electron chi connectivity index (χ4n) is 5.04. The summed E-state index contributed by atoms with van der Waals surface area (Å²) in [5.41, 5.74) is 5.15. The number of fused-ring (bicyclic) bond motifs is 2. The maximum atomic E-state index is 13.8. The Morgan fingerprint density at radius 3 is 2.68 bits per heavy atom. The molecule has 0 saturated heterocycles. The molecule has 0 atom stereocenters. The Bertz CT molecular complexity index is 1210. The van der Waals surface area contributed by atoms with Crippen LogP contribution in [0.25, 0.3) is 16.5 Å². The number of halogens is 1. The standard InChI is InChI=1S/C26H28FN3O/c1-26(2)22-6-4-5-7-24(22)30(25(26)31)15-14-29-12-10-18(11-13-29)21-17-28(3)23-9-8-19(27)16-20(21)23/h4-10,16-17H,11-15H2,1-3H3. The van der Waals surface area contributed by atoms with Gasteiger partial charge in [0.25, 0.3) is 0 Å². The van der Waals surface area contributed by atoms with Gasteiger partial charge in [-0.3, -0.25) is 9.69 Å². The predicted octanol–water partition coefficient (Wildman–Crippen LogP) is 4.73. The molecule has 160 valence electrons. The average molecular weight is 418 g/mol. The molecule has 3 aromatic rings. The van der Waals surface area contributed by atoms with Crippen LogP contribution >= 0.6 is 0 Å². The highest BCUT2D eigenvalue weighted by Crippen LogP contribution is 2.41. The summed E-state index contributed by atoms with van der Waals surface area (Å²) < 4.78 is 15.9. The number of carbonyl (C=O) groups excluding carboxylic acids is 1. The molecule has 0 N–H and O–H groups in total. The van der Waals surface area contributed by atoms with E-state index in [0.717, 1.165) is 53.8 Å². The summed E-state index contributed by atoms with van der Waals surface area (Å²) in [5, 5.41) is 0.976. The van der Waals surface area contributed by atoms with Gasteiger partial charge in [0.05, 0.1) is 5.41 Å². The van der Waals surface area contributed by atoms with E-state index < -0.39 is 5.41 Å². The zero-order valence-electron chi connectivity index (χ0n) is 18.4. The van der Waals surface area contributed by atoms with Crippen LogP contribution in [0.15, 0.2) is 54.7 Å². The van der Waals surface area contributed by atoms with Crippen LogP contribution in [0.1, 0.15) is 31.4 Å². The molecule has 0 spiro atoms. The molecule has 1 amide bonds. The van der Waals surface area contributed by atoms with Gasteiger partial charge in [-0.05, 0) is 55.7 Å². The molecule has 5 heteroatoms. The fraction of sp³-hybridized carbons (Fsp3) is 0.346. The van der Waals surface area contributed by atoms with Crippen molar-refractivity contribution in [2.24, 2.45) is 7.05 Å². The van der Waals surface area contributed by atoms with E-state index in [-0.39, 0.29) is 11.7 Å². The van der Waals surface area contributed by atoms with Crippen molar-refractivity contribution in [2.75, 3.05) is 31.1 Å². The molecule has 5 rings (SSSR count). The third-order valence-corrected chi connectivity index (χ3v) is 6.88. The second kappa shape index (κ2) is 7.34. The molecule has 0 bridgehead atoms. The number of hydrogen-bond acceptors (Lipinski definition) is 2. The Hall–Kier alpha value is -2.92. The van der Waals surface area contributed by atoms with Gasteiger partial charge in [-0.2, -0.15) is 0 Å². The van der Waals surface area contributed by atoms with Gasteiger partial charge < -0.3 is 9.47 Å². The highest BCUT2D eigenvalue weighted by atomic mass is 19.1. The summed E-state index contributed by atoms with van der Waals surface area (Å²) in [7, 11) is 2.01. The smallest absolute Gasteiger partial charge is 0.237 e. The van der Waals surface area contributed by atoms with E-state index in [1.54, 1.807) is 6.07 Å². The van der Waals surface area contributed by atoms with Crippen LogP contribution in [-0.2, 0) is 17.3 Å². The number of hydrogen-bond donors (Lipinski definition) is 0. The van der Waals surface area contributed by atoms with Crippen LogP contribution in [0.5, 0.6) is 0 Å². The van der Waals surface area contributed by atoms with Crippen molar-refractivity contribution in [1.82, 2.24) is 9.47 Å². The Kier molecular flexibility index (Phi) is 4.74. The molecule has 0 aliphatic carbocycles. The Balaban J connectivity index is 1.30. The predicted molar refractivity (Wildman–Crippen MR) is 124 cm³/mol. The number of benzene rings is 2. The minimum absolute atomic E-state index is 0.180. The van der Waals surface area contributed by atoms with Crippen LogP contribution in [0.2, 0.25) is 0 Å². The first-order chi connectivity index (χ1) is 14.9. The van der Waals surface area contributed by atoms with Gasteiger partial charge in [-0.25, -0.2) is 4.39 Å². The van der Waals surface area contributed by atoms with Crippen molar-refractivity contribution in [2.45, 2.75) is 25.7 Å². The molecule has 2 aliphatic heterocycles. The zero-order valence-corrected chi connectivity index (χ0v) is 18.4. The van der Waals surface area contributed by atoms with E-state index in [1.807, 2.05) is 44.0 Å². The highest BCUT2D eigenvalue weighted by molar-refractivity contribution is 6.07. The average Bonchev–Trinajstić information content (AvgIpc) is 3.19. The summed E-state index contributed by atoms with van der Waals surface area (Å²) in [4.78, 5) is 17.3. The highest BCUT2D eigenvalue weighted by Gasteiger charge is 2.43. The van der Waals surface area contributed by atoms with Crippen LogP contribution < -0.4 is 4.90 Å². The molecule has 2 aromatic carbocycles. The second-order valence-corrected chi connectivity index (χ2v) is 9.19. The van der Waals surface area contributed by atoms with Crippen molar-refractivity contribution >= 4 is 28.1 Å². The van der Waals surface area contributed by atoms with Crippen molar-refractivity contribution in [3.8, 4) is 0 Å². The molecule has 31 heavy (non-hydrogen) atoms. The molecule has 4 nitrogen and oxygen atoms in total. The third-order valence-electron chi connectivity index (χ3n) is 6.88. The van der Waals surface area contributed by atoms with Gasteiger partial charge >= 0.3 is 0 Å². The first kappa shape index (κ1) is 20.0. The molecule has 1 aromatic heterocycles. The molecular formula is C26H28FN3O. The van der Waals surface area contributed by atoms with Gasteiger partial charge in [0.1, 0.15) is 5.82 Å². The lowest BCUT2D eigenvalue weighted by molar-refractivity contribution is -0.122. The van der Waals surface area contributed by atoms with Gasteiger partial charge in [0, 0.05) is 61.6 Å². The Labute approximate surface area is 182 Å². The second-order valence-electron chi connectivity index (χ2n) is 9.19. The van der Waals surface area contributed by atoms with Gasteiger partial charge in [0.15, 0.2) is 0 Å². The molecule has 0 unspecified atom stereocenters. The number of rotatable bonds is 4. The minimum Gasteiger partial charge on any atom is -0.350 e. The monoisotopic (exact) mass is 417 g/mol. The molecule has 3 heterocycles. The minimum atomic E-state index is -0.463. The van der Waals surface area contributed by atoms with Gasteiger partial charge in [-0.1, -0.05) is 24.3 Å². The topological polar surface area (TPSA) is 28.5 Å². The lowest BCUT2D eigenvalue weighted by atomic mass is 9.86. The maximum Gasteiger partial charge on any atom is 0.237 e. The summed E-state index contributed by atoms with van der Waals surface area (Å²) in [6.45, 7) is 7.33. The summed E-state index contributed by atoms with van der Waals surface area (Å²) in [5.74, 6) is -0.0174. The number of aryl methyl sites for hydroxylation is 1. The zero-order chi connectivity index (χ0) is 21.8. The largest absolute Gasteiger partial charge is 0.350 e. The number of nitrogens with zero attached hydrogens (tertiary/aromatic N) is 3. The SMILES string of the molecule is Cn1cc(C2=CCN(CCN3C(=O)C(C)(C)c4ccccc43)CC2)c2cc(F)ccc21.